The Morgan fingerprint density at radius 2 is 2.08 bits per heavy atom. The molecule has 0 aromatic heterocycles. The molecule has 5 nitrogen and oxygen atoms in total. The molecule has 2 rings (SSSR count). The Kier molecular flexibility index (Phi) is 6.19. The number of aliphatic hydroxyl groups excluding tert-OH is 1. The molecule has 0 radical (unpaired) electrons. The van der Waals surface area contributed by atoms with Crippen molar-refractivity contribution in [2.45, 2.75) is 83.0 Å². The number of carbonyl (C=O) groups is 1. The van der Waals surface area contributed by atoms with Gasteiger partial charge in [-0.15, -0.1) is 5.54 Å². The molecule has 1 saturated heterocycles. The first-order valence-corrected chi connectivity index (χ1v) is 12.5. The van der Waals surface area contributed by atoms with Crippen LogP contribution in [0.15, 0.2) is 24.3 Å². The molecule has 0 saturated carbocycles. The maximum atomic E-state index is 11.4. The molecule has 0 spiro atoms. The summed E-state index contributed by atoms with van der Waals surface area (Å²) in [5, 5.41) is 10.3. The second-order valence-corrected chi connectivity index (χ2v) is 13.3. The van der Waals surface area contributed by atoms with E-state index in [2.05, 4.69) is 31.1 Å². The fraction of sp³-hybridized carbons (Fsp3) is 0.650. The van der Waals surface area contributed by atoms with Gasteiger partial charge < -0.3 is 19.3 Å². The number of carbonyl (C=O) groups excluding carboxylic acids is 1. The minimum Gasteiger partial charge on any atom is -0.455 e. The largest absolute Gasteiger partial charge is 0.455 e. The van der Waals surface area contributed by atoms with Crippen molar-refractivity contribution in [1.29, 1.82) is 0 Å². The summed E-state index contributed by atoms with van der Waals surface area (Å²) in [5.41, 5.74) is 2.45. The predicted octanol–water partition coefficient (Wildman–Crippen LogP) is 2.96. The van der Waals surface area contributed by atoms with E-state index in [9.17, 15) is 9.90 Å². The molecule has 1 N–H and O–H groups in total. The van der Waals surface area contributed by atoms with Crippen LogP contribution >= 0.6 is 0 Å². The van der Waals surface area contributed by atoms with E-state index in [-0.39, 0.29) is 18.2 Å². The molecule has 0 amide bonds. The maximum absolute atomic E-state index is 11.4. The Morgan fingerprint density at radius 1 is 1.38 bits per heavy atom. The van der Waals surface area contributed by atoms with Gasteiger partial charge in [0.25, 0.3) is 0 Å². The van der Waals surface area contributed by atoms with E-state index < -0.39 is 25.6 Å². The number of esters is 1. The lowest BCUT2D eigenvalue weighted by molar-refractivity contribution is -0.154. The number of rotatable bonds is 4. The van der Waals surface area contributed by atoms with Crippen molar-refractivity contribution in [1.82, 2.24) is 0 Å². The van der Waals surface area contributed by atoms with E-state index in [1.165, 1.54) is 6.08 Å². The van der Waals surface area contributed by atoms with Crippen LogP contribution in [0.3, 0.4) is 0 Å². The van der Waals surface area contributed by atoms with Gasteiger partial charge in [-0.05, 0) is 26.8 Å². The highest BCUT2D eigenvalue weighted by molar-refractivity contribution is 6.83. The average molecular weight is 379 g/mol. The van der Waals surface area contributed by atoms with Crippen LogP contribution < -0.4 is 0 Å². The van der Waals surface area contributed by atoms with Crippen molar-refractivity contribution >= 4 is 14.0 Å². The Morgan fingerprint density at radius 3 is 2.69 bits per heavy atom. The van der Waals surface area contributed by atoms with Crippen LogP contribution in [0.1, 0.15) is 33.6 Å². The molecule has 2 aliphatic heterocycles. The van der Waals surface area contributed by atoms with Crippen LogP contribution in [-0.2, 0) is 19.0 Å². The number of cyclic esters (lactones) is 1. The first kappa shape index (κ1) is 20.9. The Hall–Kier alpha value is -1.39. The number of hydrogen-bond donors (Lipinski definition) is 1. The third-order valence-electron chi connectivity index (χ3n) is 4.11. The Labute approximate surface area is 157 Å². The van der Waals surface area contributed by atoms with Crippen LogP contribution in [0.2, 0.25) is 19.6 Å². The second-order valence-electron chi connectivity index (χ2n) is 8.54. The van der Waals surface area contributed by atoms with E-state index in [1.807, 2.05) is 32.9 Å². The van der Waals surface area contributed by atoms with E-state index in [1.54, 1.807) is 6.08 Å². The second kappa shape index (κ2) is 7.69. The highest BCUT2D eigenvalue weighted by Gasteiger charge is 2.49. The van der Waals surface area contributed by atoms with Gasteiger partial charge in [-0.2, -0.15) is 0 Å². The van der Waals surface area contributed by atoms with Crippen molar-refractivity contribution in [3.63, 3.8) is 0 Å². The van der Waals surface area contributed by atoms with Crippen LogP contribution in [-0.4, -0.2) is 48.8 Å². The van der Waals surface area contributed by atoms with Gasteiger partial charge in [-0.1, -0.05) is 37.7 Å². The van der Waals surface area contributed by atoms with Crippen molar-refractivity contribution in [2.75, 3.05) is 0 Å². The summed E-state index contributed by atoms with van der Waals surface area (Å²) in [6, 6.07) is 0. The van der Waals surface area contributed by atoms with Gasteiger partial charge in [0, 0.05) is 18.9 Å². The van der Waals surface area contributed by atoms with Crippen molar-refractivity contribution in [3.05, 3.63) is 24.3 Å². The SMILES string of the molecule is CC1(C)O[C@H](C[C@@H](O)C#C[Si](C)(C)C)[C@@](C)(C=C[C@H]2CC=CC(=O)O2)O1. The molecule has 0 unspecified atom stereocenters. The molecule has 0 aliphatic carbocycles. The van der Waals surface area contributed by atoms with Crippen LogP contribution in [0.5, 0.6) is 0 Å². The normalized spacial score (nSPS) is 32.2. The lowest BCUT2D eigenvalue weighted by Crippen LogP contribution is -2.37. The van der Waals surface area contributed by atoms with Crippen molar-refractivity contribution in [2.24, 2.45) is 0 Å². The van der Waals surface area contributed by atoms with Gasteiger partial charge in [0.05, 0.1) is 6.10 Å². The zero-order valence-electron chi connectivity index (χ0n) is 16.5. The number of aliphatic hydroxyl groups is 1. The van der Waals surface area contributed by atoms with Gasteiger partial charge >= 0.3 is 5.97 Å². The van der Waals surface area contributed by atoms with Gasteiger partial charge in [0.1, 0.15) is 25.9 Å². The number of ether oxygens (including phenoxy) is 3. The quantitative estimate of drug-likeness (QED) is 0.353. The molecule has 2 heterocycles. The summed E-state index contributed by atoms with van der Waals surface area (Å²) in [5.74, 6) is 1.85. The molecule has 0 aromatic carbocycles. The zero-order chi connectivity index (χ0) is 19.6. The lowest BCUT2D eigenvalue weighted by atomic mass is 9.93. The third-order valence-corrected chi connectivity index (χ3v) is 5.01. The minimum absolute atomic E-state index is 0.311. The Balaban J connectivity index is 2.11. The average Bonchev–Trinajstić information content (AvgIpc) is 2.72. The molecule has 26 heavy (non-hydrogen) atoms. The Bertz CT molecular complexity index is 649. The van der Waals surface area contributed by atoms with E-state index in [0.717, 1.165) is 0 Å². The minimum atomic E-state index is -1.55. The third kappa shape index (κ3) is 6.10. The van der Waals surface area contributed by atoms with E-state index in [4.69, 9.17) is 14.2 Å². The molecular formula is C20H30O5Si. The highest BCUT2D eigenvalue weighted by atomic mass is 28.3. The van der Waals surface area contributed by atoms with Gasteiger partial charge in [-0.3, -0.25) is 0 Å². The lowest BCUT2D eigenvalue weighted by Gasteiger charge is -2.27. The molecule has 0 bridgehead atoms. The molecular weight excluding hydrogens is 348 g/mol. The summed E-state index contributed by atoms with van der Waals surface area (Å²) >= 11 is 0. The summed E-state index contributed by atoms with van der Waals surface area (Å²) in [7, 11) is -1.55. The van der Waals surface area contributed by atoms with Crippen molar-refractivity contribution < 1.29 is 24.1 Å². The van der Waals surface area contributed by atoms with Crippen molar-refractivity contribution in [3.8, 4) is 11.5 Å². The highest BCUT2D eigenvalue weighted by Crippen LogP contribution is 2.39. The first-order chi connectivity index (χ1) is 11.9. The molecule has 6 heteroatoms. The van der Waals surface area contributed by atoms with Gasteiger partial charge in [0.15, 0.2) is 5.79 Å². The first-order valence-electron chi connectivity index (χ1n) is 9.04. The van der Waals surface area contributed by atoms with Crippen LogP contribution in [0.4, 0.5) is 0 Å². The monoisotopic (exact) mass is 378 g/mol. The topological polar surface area (TPSA) is 65.0 Å². The predicted molar refractivity (Wildman–Crippen MR) is 103 cm³/mol. The molecule has 0 aromatic rings. The molecule has 4 atom stereocenters. The summed E-state index contributed by atoms with van der Waals surface area (Å²) in [4.78, 5) is 11.4. The fourth-order valence-corrected chi connectivity index (χ4v) is 3.61. The molecule has 1 fully saturated rings. The summed E-state index contributed by atoms with van der Waals surface area (Å²) in [6.45, 7) is 12.0. The van der Waals surface area contributed by atoms with E-state index in [0.29, 0.717) is 12.8 Å². The maximum Gasteiger partial charge on any atom is 0.331 e. The standard InChI is InChI=1S/C20H30O5Si/c1-19(2)24-17(14-15(21)11-13-26(4,5)6)20(3,25-19)12-10-16-8-7-9-18(22)23-16/h7,9-10,12,15-17,21H,8,14H2,1-6H3/t15-,16+,17+,20+/m0/s1. The molecule has 144 valence electrons. The fourth-order valence-electron chi connectivity index (χ4n) is 3.02. The van der Waals surface area contributed by atoms with Gasteiger partial charge in [-0.25, -0.2) is 4.79 Å². The smallest absolute Gasteiger partial charge is 0.331 e. The van der Waals surface area contributed by atoms with Crippen LogP contribution in [0.25, 0.3) is 0 Å². The summed E-state index contributed by atoms with van der Waals surface area (Å²) in [6.07, 6.45) is 6.49. The van der Waals surface area contributed by atoms with Gasteiger partial charge in [0.2, 0.25) is 0 Å². The van der Waals surface area contributed by atoms with Crippen LogP contribution in [0, 0.1) is 11.5 Å². The summed E-state index contributed by atoms with van der Waals surface area (Å²) < 4.78 is 17.4. The zero-order valence-corrected chi connectivity index (χ0v) is 17.5. The molecule has 2 aliphatic rings. The van der Waals surface area contributed by atoms with E-state index >= 15 is 0 Å². The number of hydrogen-bond acceptors (Lipinski definition) is 5.